The maximum absolute atomic E-state index is 10.9. The van der Waals surface area contributed by atoms with Crippen LogP contribution in [0.15, 0.2) is 24.4 Å². The molecule has 0 aliphatic carbocycles. The molecule has 0 saturated carbocycles. The number of halogens is 1. The summed E-state index contributed by atoms with van der Waals surface area (Å²) in [6, 6.07) is 5.29. The average Bonchev–Trinajstić information content (AvgIpc) is 2.17. The summed E-state index contributed by atoms with van der Waals surface area (Å²) in [4.78, 5) is 3.95. The molecule has 1 aromatic rings. The van der Waals surface area contributed by atoms with Gasteiger partial charge in [0, 0.05) is 6.20 Å². The second kappa shape index (κ2) is 4.55. The van der Waals surface area contributed by atoms with Gasteiger partial charge in [0.15, 0.2) is 0 Å². The summed E-state index contributed by atoms with van der Waals surface area (Å²) in [5, 5.41) is -0.431. The van der Waals surface area contributed by atoms with Crippen LogP contribution in [0.25, 0.3) is 0 Å². The van der Waals surface area contributed by atoms with Crippen LogP contribution in [0.5, 0.6) is 0 Å². The van der Waals surface area contributed by atoms with Gasteiger partial charge in [0.25, 0.3) is 0 Å². The molecule has 13 heavy (non-hydrogen) atoms. The van der Waals surface area contributed by atoms with Crippen molar-refractivity contribution >= 4 is 21.6 Å². The third kappa shape index (κ3) is 3.71. The molecule has 1 N–H and O–H groups in total. The molecular formula is C7H9ClN2O2S. The number of sulfonamides is 1. The molecule has 0 fully saturated rings. The maximum Gasteiger partial charge on any atom is 0.226 e. The first-order valence-corrected chi connectivity index (χ1v) is 5.76. The molecule has 0 bridgehead atoms. The van der Waals surface area contributed by atoms with Gasteiger partial charge < -0.3 is 0 Å². The number of pyridine rings is 1. The lowest BCUT2D eigenvalue weighted by Crippen LogP contribution is -2.24. The Hall–Kier alpha value is -0.650. The van der Waals surface area contributed by atoms with Gasteiger partial charge in [0.1, 0.15) is 5.21 Å². The Morgan fingerprint density at radius 1 is 1.46 bits per heavy atom. The number of nitrogens with zero attached hydrogens (tertiary/aromatic N) is 1. The topological polar surface area (TPSA) is 59.1 Å². The van der Waals surface area contributed by atoms with E-state index in [-0.39, 0.29) is 6.54 Å². The number of hydrogen-bond donors (Lipinski definition) is 1. The Kier molecular flexibility index (Phi) is 3.65. The highest BCUT2D eigenvalue weighted by atomic mass is 35.5. The van der Waals surface area contributed by atoms with E-state index in [1.807, 2.05) is 0 Å². The number of aromatic nitrogens is 1. The number of alkyl halides is 1. The van der Waals surface area contributed by atoms with Crippen LogP contribution in [0, 0.1) is 0 Å². The maximum atomic E-state index is 10.9. The molecule has 0 aromatic carbocycles. The van der Waals surface area contributed by atoms with E-state index in [1.54, 1.807) is 24.4 Å². The van der Waals surface area contributed by atoms with E-state index in [1.165, 1.54) is 0 Å². The van der Waals surface area contributed by atoms with E-state index in [9.17, 15) is 8.42 Å². The quantitative estimate of drug-likeness (QED) is 0.760. The fourth-order valence-corrected chi connectivity index (χ4v) is 1.40. The zero-order valence-corrected chi connectivity index (χ0v) is 8.35. The van der Waals surface area contributed by atoms with Gasteiger partial charge in [-0.15, -0.1) is 11.6 Å². The number of hydrogen-bond acceptors (Lipinski definition) is 3. The minimum Gasteiger partial charge on any atom is -0.260 e. The van der Waals surface area contributed by atoms with Gasteiger partial charge in [0.2, 0.25) is 10.0 Å². The predicted molar refractivity (Wildman–Crippen MR) is 50.7 cm³/mol. The summed E-state index contributed by atoms with van der Waals surface area (Å²) >= 11 is 5.19. The van der Waals surface area contributed by atoms with Crippen molar-refractivity contribution in [1.29, 1.82) is 0 Å². The third-order valence-electron chi connectivity index (χ3n) is 1.34. The second-order valence-corrected chi connectivity index (χ2v) is 4.76. The fourth-order valence-electron chi connectivity index (χ4n) is 0.725. The molecule has 1 rings (SSSR count). The first kappa shape index (κ1) is 10.4. The van der Waals surface area contributed by atoms with Crippen molar-refractivity contribution in [1.82, 2.24) is 9.71 Å². The van der Waals surface area contributed by atoms with Gasteiger partial charge >= 0.3 is 0 Å². The Bertz CT molecular complexity index is 352. The summed E-state index contributed by atoms with van der Waals surface area (Å²) < 4.78 is 24.1. The molecule has 6 heteroatoms. The van der Waals surface area contributed by atoms with Crippen molar-refractivity contribution in [3.63, 3.8) is 0 Å². The molecule has 0 aliphatic rings. The smallest absolute Gasteiger partial charge is 0.226 e. The predicted octanol–water partition coefficient (Wildman–Crippen LogP) is 0.697. The third-order valence-corrected chi connectivity index (χ3v) is 3.08. The summed E-state index contributed by atoms with van der Waals surface area (Å²) in [6.07, 6.45) is 1.60. The van der Waals surface area contributed by atoms with E-state index in [4.69, 9.17) is 11.6 Å². The highest BCUT2D eigenvalue weighted by Gasteiger charge is 2.06. The van der Waals surface area contributed by atoms with E-state index < -0.39 is 15.2 Å². The lowest BCUT2D eigenvalue weighted by Gasteiger charge is -2.01. The van der Waals surface area contributed by atoms with Crippen LogP contribution in [0.3, 0.4) is 0 Å². The van der Waals surface area contributed by atoms with Crippen LogP contribution >= 0.6 is 11.6 Å². The molecule has 0 aliphatic heterocycles. The first-order valence-electron chi connectivity index (χ1n) is 3.57. The van der Waals surface area contributed by atoms with Crippen molar-refractivity contribution in [3.8, 4) is 0 Å². The van der Waals surface area contributed by atoms with Crippen LogP contribution in [0.2, 0.25) is 0 Å². The van der Waals surface area contributed by atoms with E-state index in [0.29, 0.717) is 5.69 Å². The van der Waals surface area contributed by atoms with Gasteiger partial charge in [-0.25, -0.2) is 13.1 Å². The summed E-state index contributed by atoms with van der Waals surface area (Å²) in [6.45, 7) is 0.176. The van der Waals surface area contributed by atoms with Crippen molar-refractivity contribution in [3.05, 3.63) is 30.1 Å². The van der Waals surface area contributed by atoms with Crippen molar-refractivity contribution in [2.24, 2.45) is 0 Å². The van der Waals surface area contributed by atoms with Gasteiger partial charge in [-0.2, -0.15) is 0 Å². The lowest BCUT2D eigenvalue weighted by molar-refractivity contribution is 0.585. The summed E-state index contributed by atoms with van der Waals surface area (Å²) in [5.74, 6) is 0. The van der Waals surface area contributed by atoms with Crippen LogP contribution < -0.4 is 4.72 Å². The van der Waals surface area contributed by atoms with Crippen LogP contribution in [-0.4, -0.2) is 18.6 Å². The average molecular weight is 221 g/mol. The molecule has 0 radical (unpaired) electrons. The normalized spacial score (nSPS) is 11.5. The summed E-state index contributed by atoms with van der Waals surface area (Å²) in [7, 11) is -3.34. The minimum atomic E-state index is -3.34. The van der Waals surface area contributed by atoms with Crippen LogP contribution in [0.1, 0.15) is 5.69 Å². The molecular weight excluding hydrogens is 212 g/mol. The molecule has 0 amide bonds. The zero-order valence-electron chi connectivity index (χ0n) is 6.77. The Labute approximate surface area is 82.0 Å². The number of rotatable bonds is 4. The van der Waals surface area contributed by atoms with E-state index in [2.05, 4.69) is 9.71 Å². The molecule has 0 atom stereocenters. The van der Waals surface area contributed by atoms with Gasteiger partial charge in [0.05, 0.1) is 12.2 Å². The molecule has 1 heterocycles. The molecule has 0 unspecified atom stereocenters. The largest absolute Gasteiger partial charge is 0.260 e. The van der Waals surface area contributed by atoms with Crippen molar-refractivity contribution in [2.45, 2.75) is 6.54 Å². The Morgan fingerprint density at radius 2 is 2.23 bits per heavy atom. The van der Waals surface area contributed by atoms with E-state index in [0.717, 1.165) is 0 Å². The zero-order chi connectivity index (χ0) is 9.73. The highest BCUT2D eigenvalue weighted by molar-refractivity contribution is 7.90. The molecule has 4 nitrogen and oxygen atoms in total. The van der Waals surface area contributed by atoms with Crippen LogP contribution in [0.4, 0.5) is 0 Å². The van der Waals surface area contributed by atoms with E-state index >= 15 is 0 Å². The Balaban J connectivity index is 2.54. The molecule has 72 valence electrons. The first-order chi connectivity index (χ1) is 6.14. The van der Waals surface area contributed by atoms with Crippen molar-refractivity contribution in [2.75, 3.05) is 5.21 Å². The van der Waals surface area contributed by atoms with Crippen LogP contribution in [-0.2, 0) is 16.6 Å². The highest BCUT2D eigenvalue weighted by Crippen LogP contribution is 1.95. The monoisotopic (exact) mass is 220 g/mol. The fraction of sp³-hybridized carbons (Fsp3) is 0.286. The minimum absolute atomic E-state index is 0.176. The van der Waals surface area contributed by atoms with Crippen molar-refractivity contribution < 1.29 is 8.42 Å². The van der Waals surface area contributed by atoms with Gasteiger partial charge in [-0.3, -0.25) is 4.98 Å². The molecule has 1 aromatic heterocycles. The lowest BCUT2D eigenvalue weighted by atomic mass is 10.4. The summed E-state index contributed by atoms with van der Waals surface area (Å²) in [5.41, 5.74) is 0.663. The van der Waals surface area contributed by atoms with Gasteiger partial charge in [-0.05, 0) is 12.1 Å². The molecule has 0 saturated heterocycles. The Morgan fingerprint density at radius 3 is 2.77 bits per heavy atom. The van der Waals surface area contributed by atoms with Gasteiger partial charge in [-0.1, -0.05) is 6.07 Å². The number of nitrogens with one attached hydrogen (secondary N) is 1. The second-order valence-electron chi connectivity index (χ2n) is 2.37. The molecule has 0 spiro atoms. The standard InChI is InChI=1S/C7H9ClN2O2S/c8-6-13(11,12)10-5-7-3-1-2-4-9-7/h1-4,10H,5-6H2. The SMILES string of the molecule is O=S(=O)(CCl)NCc1ccccn1.